The van der Waals surface area contributed by atoms with Crippen LogP contribution in [0, 0.1) is 5.92 Å². The lowest BCUT2D eigenvalue weighted by Gasteiger charge is -2.18. The molecule has 10 heteroatoms. The number of benzene rings is 1. The van der Waals surface area contributed by atoms with Gasteiger partial charge in [-0.3, -0.25) is 14.9 Å². The van der Waals surface area contributed by atoms with Crippen LogP contribution in [0.25, 0.3) is 0 Å². The van der Waals surface area contributed by atoms with Gasteiger partial charge in [-0.15, -0.1) is 0 Å². The topological polar surface area (TPSA) is 132 Å². The summed E-state index contributed by atoms with van der Waals surface area (Å²) >= 11 is 0. The van der Waals surface area contributed by atoms with Gasteiger partial charge in [0, 0.05) is 24.1 Å². The van der Waals surface area contributed by atoms with Crippen LogP contribution in [0.5, 0.6) is 11.5 Å². The first-order chi connectivity index (χ1) is 15.3. The SMILES string of the molecule is COc1cc(NC(=O)C2CCCC2)c(C(=O)OC(C)C(=O)NC(=O)NC2CC2)cc1OC. The molecule has 0 aliphatic heterocycles. The van der Waals surface area contributed by atoms with Crippen LogP contribution in [0.4, 0.5) is 10.5 Å². The number of imide groups is 1. The van der Waals surface area contributed by atoms with Crippen LogP contribution in [0.2, 0.25) is 0 Å². The van der Waals surface area contributed by atoms with Crippen LogP contribution in [0.1, 0.15) is 55.8 Å². The van der Waals surface area contributed by atoms with Crippen LogP contribution in [-0.2, 0) is 14.3 Å². The fourth-order valence-electron chi connectivity index (χ4n) is 3.51. The molecule has 1 aromatic carbocycles. The van der Waals surface area contributed by atoms with Gasteiger partial charge in [-0.1, -0.05) is 12.8 Å². The minimum absolute atomic E-state index is 0.0103. The highest BCUT2D eigenvalue weighted by atomic mass is 16.5. The molecule has 2 aliphatic rings. The van der Waals surface area contributed by atoms with Crippen LogP contribution < -0.4 is 25.4 Å². The van der Waals surface area contributed by atoms with Crippen molar-refractivity contribution in [2.45, 2.75) is 57.6 Å². The molecule has 0 aromatic heterocycles. The Labute approximate surface area is 186 Å². The quantitative estimate of drug-likeness (QED) is 0.521. The molecule has 0 heterocycles. The molecule has 3 N–H and O–H groups in total. The van der Waals surface area contributed by atoms with E-state index in [0.29, 0.717) is 5.75 Å². The van der Waals surface area contributed by atoms with Gasteiger partial charge in [-0.2, -0.15) is 0 Å². The lowest BCUT2D eigenvalue weighted by molar-refractivity contribution is -0.128. The number of urea groups is 1. The molecule has 1 aromatic rings. The molecular weight excluding hydrogens is 418 g/mol. The average molecular weight is 447 g/mol. The minimum atomic E-state index is -1.24. The predicted octanol–water partition coefficient (Wildman–Crippen LogP) is 2.37. The largest absolute Gasteiger partial charge is 0.493 e. The van der Waals surface area contributed by atoms with E-state index in [0.717, 1.165) is 38.5 Å². The van der Waals surface area contributed by atoms with Gasteiger partial charge in [-0.25, -0.2) is 9.59 Å². The standard InChI is InChI=1S/C22H29N3O7/c1-12(19(26)25-22(29)23-14-8-9-14)32-21(28)15-10-17(30-2)18(31-3)11-16(15)24-20(27)13-6-4-5-7-13/h10-14H,4-9H2,1-3H3,(H,24,27)(H2,23,25,26,29). The van der Waals surface area contributed by atoms with Crippen LogP contribution in [0.3, 0.4) is 0 Å². The van der Waals surface area contributed by atoms with Crippen molar-refractivity contribution in [3.8, 4) is 11.5 Å². The van der Waals surface area contributed by atoms with Crippen LogP contribution in [0.15, 0.2) is 12.1 Å². The van der Waals surface area contributed by atoms with Crippen molar-refractivity contribution >= 4 is 29.5 Å². The van der Waals surface area contributed by atoms with Gasteiger partial charge in [0.15, 0.2) is 17.6 Å². The third-order valence-electron chi connectivity index (χ3n) is 5.53. The zero-order chi connectivity index (χ0) is 23.3. The first-order valence-corrected chi connectivity index (χ1v) is 10.7. The molecule has 4 amide bonds. The Morgan fingerprint density at radius 1 is 0.969 bits per heavy atom. The van der Waals surface area contributed by atoms with Crippen LogP contribution in [-0.4, -0.2) is 50.2 Å². The summed E-state index contributed by atoms with van der Waals surface area (Å²) in [4.78, 5) is 49.5. The molecule has 2 saturated carbocycles. The van der Waals surface area contributed by atoms with E-state index < -0.39 is 24.0 Å². The number of ether oxygens (including phenoxy) is 3. The Kier molecular flexibility index (Phi) is 7.55. The predicted molar refractivity (Wildman–Crippen MR) is 115 cm³/mol. The van der Waals surface area contributed by atoms with Crippen molar-refractivity contribution in [1.82, 2.24) is 10.6 Å². The lowest BCUT2D eigenvalue weighted by Crippen LogP contribution is -2.45. The molecule has 2 aliphatic carbocycles. The minimum Gasteiger partial charge on any atom is -0.493 e. The number of hydrogen-bond acceptors (Lipinski definition) is 7. The summed E-state index contributed by atoms with van der Waals surface area (Å²) in [7, 11) is 2.86. The summed E-state index contributed by atoms with van der Waals surface area (Å²) in [5.74, 6) is -1.33. The van der Waals surface area contributed by atoms with E-state index in [2.05, 4.69) is 16.0 Å². The molecule has 10 nitrogen and oxygen atoms in total. The number of esters is 1. The molecule has 3 rings (SSSR count). The zero-order valence-electron chi connectivity index (χ0n) is 18.5. The fourth-order valence-corrected chi connectivity index (χ4v) is 3.51. The van der Waals surface area contributed by atoms with Gasteiger partial charge >= 0.3 is 12.0 Å². The third-order valence-corrected chi connectivity index (χ3v) is 5.53. The number of rotatable bonds is 8. The maximum atomic E-state index is 12.9. The molecule has 0 saturated heterocycles. The van der Waals surface area contributed by atoms with Crippen molar-refractivity contribution in [3.63, 3.8) is 0 Å². The Hall–Kier alpha value is -3.30. The Morgan fingerprint density at radius 3 is 2.19 bits per heavy atom. The summed E-state index contributed by atoms with van der Waals surface area (Å²) in [6, 6.07) is 2.32. The fraction of sp³-hybridized carbons (Fsp3) is 0.545. The molecule has 32 heavy (non-hydrogen) atoms. The Balaban J connectivity index is 1.74. The van der Waals surface area contributed by atoms with E-state index >= 15 is 0 Å². The smallest absolute Gasteiger partial charge is 0.341 e. The Bertz CT molecular complexity index is 892. The normalized spacial score (nSPS) is 16.6. The van der Waals surface area contributed by atoms with Gasteiger partial charge in [-0.05, 0) is 32.6 Å². The first-order valence-electron chi connectivity index (χ1n) is 10.7. The van der Waals surface area contributed by atoms with Crippen molar-refractivity contribution in [2.75, 3.05) is 19.5 Å². The highest BCUT2D eigenvalue weighted by Gasteiger charge is 2.29. The third kappa shape index (κ3) is 5.89. The summed E-state index contributed by atoms with van der Waals surface area (Å²) in [6.07, 6.45) is 4.07. The molecular formula is C22H29N3O7. The van der Waals surface area contributed by atoms with E-state index in [-0.39, 0.29) is 34.9 Å². The maximum absolute atomic E-state index is 12.9. The summed E-state index contributed by atoms with van der Waals surface area (Å²) < 4.78 is 15.8. The average Bonchev–Trinajstić information content (AvgIpc) is 3.39. The van der Waals surface area contributed by atoms with Gasteiger partial charge in [0.1, 0.15) is 0 Å². The molecule has 0 radical (unpaired) electrons. The number of nitrogens with one attached hydrogen (secondary N) is 3. The Morgan fingerprint density at radius 2 is 1.59 bits per heavy atom. The molecule has 1 atom stereocenters. The van der Waals surface area contributed by atoms with Crippen molar-refractivity contribution in [1.29, 1.82) is 0 Å². The second-order valence-electron chi connectivity index (χ2n) is 8.01. The van der Waals surface area contributed by atoms with E-state index in [9.17, 15) is 19.2 Å². The number of hydrogen-bond donors (Lipinski definition) is 3. The van der Waals surface area contributed by atoms with E-state index in [1.807, 2.05) is 0 Å². The van der Waals surface area contributed by atoms with Crippen molar-refractivity contribution in [3.05, 3.63) is 17.7 Å². The van der Waals surface area contributed by atoms with Gasteiger partial charge in [0.2, 0.25) is 5.91 Å². The number of methoxy groups -OCH3 is 2. The summed E-state index contributed by atoms with van der Waals surface area (Å²) in [5, 5.41) is 7.56. The lowest BCUT2D eigenvalue weighted by atomic mass is 10.1. The number of carbonyl (C=O) groups is 4. The summed E-state index contributed by atoms with van der Waals surface area (Å²) in [5.41, 5.74) is 0.208. The maximum Gasteiger partial charge on any atom is 0.341 e. The zero-order valence-corrected chi connectivity index (χ0v) is 18.5. The highest BCUT2D eigenvalue weighted by molar-refractivity contribution is 6.04. The molecule has 174 valence electrons. The van der Waals surface area contributed by atoms with E-state index in [1.54, 1.807) is 0 Å². The monoisotopic (exact) mass is 447 g/mol. The number of carbonyl (C=O) groups excluding carboxylic acids is 4. The van der Waals surface area contributed by atoms with E-state index in [1.165, 1.54) is 33.3 Å². The first kappa shape index (κ1) is 23.4. The number of amides is 4. The van der Waals surface area contributed by atoms with Crippen molar-refractivity contribution in [2.24, 2.45) is 5.92 Å². The number of anilines is 1. The van der Waals surface area contributed by atoms with Gasteiger partial charge in [0.05, 0.1) is 25.5 Å². The summed E-state index contributed by atoms with van der Waals surface area (Å²) in [6.45, 7) is 1.36. The van der Waals surface area contributed by atoms with E-state index in [4.69, 9.17) is 14.2 Å². The second kappa shape index (κ2) is 10.3. The second-order valence-corrected chi connectivity index (χ2v) is 8.01. The molecule has 0 spiro atoms. The molecule has 2 fully saturated rings. The molecule has 0 bridgehead atoms. The van der Waals surface area contributed by atoms with Crippen LogP contribution >= 0.6 is 0 Å². The van der Waals surface area contributed by atoms with Crippen molar-refractivity contribution < 1.29 is 33.4 Å². The highest BCUT2D eigenvalue weighted by Crippen LogP contribution is 2.35. The van der Waals surface area contributed by atoms with Gasteiger partial charge < -0.3 is 24.8 Å². The molecule has 1 unspecified atom stereocenters. The van der Waals surface area contributed by atoms with Gasteiger partial charge in [0.25, 0.3) is 5.91 Å².